The molecule has 30 heavy (non-hydrogen) atoms. The number of rotatable bonds is 4. The topological polar surface area (TPSA) is 68.4 Å². The van der Waals surface area contributed by atoms with Crippen molar-refractivity contribution in [2.75, 3.05) is 5.73 Å². The summed E-state index contributed by atoms with van der Waals surface area (Å²) in [6, 6.07) is 3.81. The van der Waals surface area contributed by atoms with Crippen molar-refractivity contribution in [2.24, 2.45) is 5.92 Å². The number of anilines is 1. The lowest BCUT2D eigenvalue weighted by molar-refractivity contribution is -0.263. The van der Waals surface area contributed by atoms with Crippen LogP contribution in [0.2, 0.25) is 10.0 Å². The Bertz CT molecular complexity index is 1000. The Morgan fingerprint density at radius 3 is 2.47 bits per heavy atom. The second-order valence-corrected chi connectivity index (χ2v) is 7.55. The van der Waals surface area contributed by atoms with Crippen molar-refractivity contribution < 1.29 is 27.4 Å². The Morgan fingerprint density at radius 1 is 1.23 bits per heavy atom. The van der Waals surface area contributed by atoms with E-state index in [2.05, 4.69) is 16.8 Å². The van der Waals surface area contributed by atoms with Gasteiger partial charge in [0.05, 0.1) is 10.9 Å². The third kappa shape index (κ3) is 5.09. The van der Waals surface area contributed by atoms with Gasteiger partial charge in [0, 0.05) is 28.4 Å². The Hall–Kier alpha value is -2.21. The Balaban J connectivity index is 2.31. The van der Waals surface area contributed by atoms with Crippen LogP contribution in [0.15, 0.2) is 24.4 Å². The molecule has 2 aromatic rings. The van der Waals surface area contributed by atoms with Crippen molar-refractivity contribution in [3.05, 3.63) is 51.4 Å². The van der Waals surface area contributed by atoms with E-state index < -0.39 is 29.6 Å². The van der Waals surface area contributed by atoms with Crippen LogP contribution in [0.25, 0.3) is 0 Å². The minimum atomic E-state index is -4.84. The van der Waals surface area contributed by atoms with Crippen LogP contribution in [-0.4, -0.2) is 21.9 Å². The van der Waals surface area contributed by atoms with Crippen LogP contribution in [0.1, 0.15) is 38.0 Å². The summed E-state index contributed by atoms with van der Waals surface area (Å²) < 4.78 is 58.2. The van der Waals surface area contributed by atoms with Gasteiger partial charge in [0.2, 0.25) is 0 Å². The van der Waals surface area contributed by atoms with Crippen molar-refractivity contribution in [2.45, 2.75) is 38.7 Å². The molecule has 1 aromatic carbocycles. The molecule has 2 unspecified atom stereocenters. The first kappa shape index (κ1) is 24.1. The van der Waals surface area contributed by atoms with Gasteiger partial charge in [-0.05, 0) is 32.9 Å². The van der Waals surface area contributed by atoms with Gasteiger partial charge >= 0.3 is 6.18 Å². The largest absolute Gasteiger partial charge is 0.482 e. The lowest BCUT2D eigenvalue weighted by Crippen LogP contribution is -2.47. The quantitative estimate of drug-likeness (QED) is 0.353. The number of aliphatic hydroxyl groups is 1. The first-order valence-corrected chi connectivity index (χ1v) is 9.37. The van der Waals surface area contributed by atoms with E-state index in [0.717, 1.165) is 13.0 Å². The Morgan fingerprint density at radius 2 is 1.87 bits per heavy atom. The van der Waals surface area contributed by atoms with Crippen LogP contribution in [0.4, 0.5) is 23.4 Å². The predicted octanol–water partition coefficient (Wildman–Crippen LogP) is 5.55. The van der Waals surface area contributed by atoms with E-state index in [1.807, 2.05) is 0 Å². The number of benzene rings is 1. The fraction of sp³-hybridized carbons (Fsp3) is 0.350. The molecule has 0 aliphatic heterocycles. The molecule has 10 heteroatoms. The van der Waals surface area contributed by atoms with Gasteiger partial charge in [-0.3, -0.25) is 0 Å². The van der Waals surface area contributed by atoms with Gasteiger partial charge < -0.3 is 15.6 Å². The monoisotopic (exact) mass is 464 g/mol. The highest BCUT2D eigenvalue weighted by Crippen LogP contribution is 2.37. The second kappa shape index (κ2) is 8.88. The Kier molecular flexibility index (Phi) is 7.12. The highest BCUT2D eigenvalue weighted by molar-refractivity contribution is 6.36. The van der Waals surface area contributed by atoms with Crippen LogP contribution in [-0.2, 0) is 0 Å². The SMILES string of the molecule is CC(C#Cc1cnc(N)c(O[C@H](C)c2c(Cl)ccc(F)c2Cl)c1)C(C)(O)C(F)(F)F. The molecule has 0 aliphatic rings. The molecule has 0 saturated heterocycles. The molecule has 162 valence electrons. The number of nitrogen functional groups attached to an aromatic ring is 1. The van der Waals surface area contributed by atoms with Crippen LogP contribution < -0.4 is 10.5 Å². The van der Waals surface area contributed by atoms with Crippen molar-refractivity contribution in [1.82, 2.24) is 4.98 Å². The van der Waals surface area contributed by atoms with E-state index in [-0.39, 0.29) is 32.7 Å². The highest BCUT2D eigenvalue weighted by Gasteiger charge is 2.53. The van der Waals surface area contributed by atoms with Crippen molar-refractivity contribution in [3.8, 4) is 17.6 Å². The number of nitrogens with zero attached hydrogens (tertiary/aromatic N) is 1. The number of hydrogen-bond acceptors (Lipinski definition) is 4. The van der Waals surface area contributed by atoms with E-state index in [4.69, 9.17) is 33.7 Å². The van der Waals surface area contributed by atoms with Crippen molar-refractivity contribution in [3.63, 3.8) is 0 Å². The van der Waals surface area contributed by atoms with Gasteiger partial charge in [-0.25, -0.2) is 9.37 Å². The van der Waals surface area contributed by atoms with Gasteiger partial charge in [-0.15, -0.1) is 0 Å². The zero-order valence-corrected chi connectivity index (χ0v) is 17.6. The molecule has 0 spiro atoms. The molecule has 3 atom stereocenters. The first-order valence-electron chi connectivity index (χ1n) is 8.62. The maximum absolute atomic E-state index is 13.8. The molecule has 3 N–H and O–H groups in total. The number of ether oxygens (including phenoxy) is 1. The van der Waals surface area contributed by atoms with Crippen LogP contribution in [0, 0.1) is 23.6 Å². The molecule has 1 heterocycles. The van der Waals surface area contributed by atoms with Gasteiger partial charge in [0.15, 0.2) is 17.2 Å². The molecule has 0 saturated carbocycles. The summed E-state index contributed by atoms with van der Waals surface area (Å²) in [7, 11) is 0. The fourth-order valence-electron chi connectivity index (χ4n) is 2.36. The molecule has 0 amide bonds. The number of hydrogen-bond donors (Lipinski definition) is 2. The van der Waals surface area contributed by atoms with Gasteiger partial charge in [0.25, 0.3) is 0 Å². The number of aromatic nitrogens is 1. The normalized spacial score (nSPS) is 15.5. The molecule has 2 rings (SSSR count). The summed E-state index contributed by atoms with van der Waals surface area (Å²) in [6.07, 6.45) is -4.41. The summed E-state index contributed by atoms with van der Waals surface area (Å²) in [4.78, 5) is 3.90. The van der Waals surface area contributed by atoms with E-state index in [1.165, 1.54) is 18.3 Å². The molecular formula is C20H18Cl2F4N2O2. The minimum absolute atomic E-state index is 0.0219. The number of halogens is 6. The average Bonchev–Trinajstić information content (AvgIpc) is 2.64. The zero-order valence-electron chi connectivity index (χ0n) is 16.1. The first-order chi connectivity index (χ1) is 13.8. The third-order valence-corrected chi connectivity index (χ3v) is 5.24. The van der Waals surface area contributed by atoms with Crippen molar-refractivity contribution >= 4 is 29.0 Å². The third-order valence-electron chi connectivity index (χ3n) is 4.52. The fourth-order valence-corrected chi connectivity index (χ4v) is 3.04. The van der Waals surface area contributed by atoms with Crippen LogP contribution in [0.3, 0.4) is 0 Å². The van der Waals surface area contributed by atoms with E-state index in [9.17, 15) is 22.7 Å². The molecule has 0 bridgehead atoms. The van der Waals surface area contributed by atoms with Crippen LogP contribution >= 0.6 is 23.2 Å². The zero-order chi connectivity index (χ0) is 22.9. The van der Waals surface area contributed by atoms with E-state index in [1.54, 1.807) is 6.92 Å². The molecular weight excluding hydrogens is 447 g/mol. The highest BCUT2D eigenvalue weighted by atomic mass is 35.5. The molecule has 0 radical (unpaired) electrons. The summed E-state index contributed by atoms with van der Waals surface area (Å²) in [5.74, 6) is 2.81. The predicted molar refractivity (Wildman–Crippen MR) is 107 cm³/mol. The van der Waals surface area contributed by atoms with Crippen molar-refractivity contribution in [1.29, 1.82) is 0 Å². The summed E-state index contributed by atoms with van der Waals surface area (Å²) in [5.41, 5.74) is 3.20. The smallest absolute Gasteiger partial charge is 0.418 e. The lowest BCUT2D eigenvalue weighted by atomic mass is 9.90. The molecule has 4 nitrogen and oxygen atoms in total. The number of pyridine rings is 1. The molecule has 0 aliphatic carbocycles. The van der Waals surface area contributed by atoms with Gasteiger partial charge in [-0.2, -0.15) is 13.2 Å². The maximum atomic E-state index is 13.8. The standard InChI is InChI=1S/C20H18Cl2F4N2O2/c1-10(19(3,29)20(24,25)26)4-5-12-8-15(18(27)28-9-12)30-11(2)16-13(21)6-7-14(23)17(16)22/h6-11,29H,1-3H3,(H2,27,28)/t10?,11-,19?/m1/s1. The Labute approximate surface area is 181 Å². The summed E-state index contributed by atoms with van der Waals surface area (Å²) in [6.45, 7) is 3.36. The second-order valence-electron chi connectivity index (χ2n) is 6.76. The average molecular weight is 465 g/mol. The lowest BCUT2D eigenvalue weighted by Gasteiger charge is -2.29. The van der Waals surface area contributed by atoms with E-state index >= 15 is 0 Å². The number of nitrogens with two attached hydrogens (primary N) is 1. The number of alkyl halides is 3. The molecule has 0 fully saturated rings. The molecule has 1 aromatic heterocycles. The summed E-state index contributed by atoms with van der Waals surface area (Å²) in [5, 5.41) is 9.64. The van der Waals surface area contributed by atoms with Gasteiger partial charge in [0.1, 0.15) is 11.9 Å². The summed E-state index contributed by atoms with van der Waals surface area (Å²) >= 11 is 12.1. The van der Waals surface area contributed by atoms with Crippen LogP contribution in [0.5, 0.6) is 5.75 Å². The maximum Gasteiger partial charge on any atom is 0.418 e. The van der Waals surface area contributed by atoms with E-state index in [0.29, 0.717) is 6.92 Å². The minimum Gasteiger partial charge on any atom is -0.482 e. The van der Waals surface area contributed by atoms with Gasteiger partial charge in [-0.1, -0.05) is 35.0 Å².